The number of guanidine groups is 1. The van der Waals surface area contributed by atoms with Crippen LogP contribution in [-0.4, -0.2) is 12.0 Å². The number of nitrogens with two attached hydrogens (primary N) is 1. The average Bonchev–Trinajstić information content (AvgIpc) is 2.04. The Morgan fingerprint density at radius 1 is 1.31 bits per heavy atom. The van der Waals surface area contributed by atoms with Gasteiger partial charge in [0.2, 0.25) is 0 Å². The summed E-state index contributed by atoms with van der Waals surface area (Å²) >= 11 is 0. The quantitative estimate of drug-likeness (QED) is 0.534. The van der Waals surface area contributed by atoms with E-state index in [1.54, 1.807) is 4.90 Å². The molecule has 0 aromatic heterocycles. The molecule has 13 heavy (non-hydrogen) atoms. The molecule has 0 fully saturated rings. The molecule has 0 bridgehead atoms. The third-order valence-corrected chi connectivity index (χ3v) is 1.81. The molecule has 1 aromatic rings. The van der Waals surface area contributed by atoms with Crippen LogP contribution in [0.1, 0.15) is 13.8 Å². The Morgan fingerprint density at radius 3 is 2.23 bits per heavy atom. The molecule has 3 N–H and O–H groups in total. The summed E-state index contributed by atoms with van der Waals surface area (Å²) in [6.07, 6.45) is 0. The summed E-state index contributed by atoms with van der Waals surface area (Å²) < 4.78 is 0. The van der Waals surface area contributed by atoms with Crippen LogP contribution in [-0.2, 0) is 0 Å². The van der Waals surface area contributed by atoms with Crippen molar-refractivity contribution in [3.8, 4) is 0 Å². The summed E-state index contributed by atoms with van der Waals surface area (Å²) in [4.78, 5) is 1.78. The number of hydrogen-bond acceptors (Lipinski definition) is 1. The van der Waals surface area contributed by atoms with Crippen molar-refractivity contribution in [1.82, 2.24) is 0 Å². The molecule has 0 radical (unpaired) electrons. The summed E-state index contributed by atoms with van der Waals surface area (Å²) in [6, 6.07) is 9.92. The largest absolute Gasteiger partial charge is 0.370 e. The predicted octanol–water partition coefficient (Wildman–Crippen LogP) is 1.79. The fourth-order valence-corrected chi connectivity index (χ4v) is 1.30. The van der Waals surface area contributed by atoms with Crippen molar-refractivity contribution < 1.29 is 0 Å². The van der Waals surface area contributed by atoms with Gasteiger partial charge in [-0.15, -0.1) is 0 Å². The molecular formula is C10H15N3. The topological polar surface area (TPSA) is 53.1 Å². The number of nitrogens with zero attached hydrogens (tertiary/aromatic N) is 1. The summed E-state index contributed by atoms with van der Waals surface area (Å²) in [6.45, 7) is 4.02. The van der Waals surface area contributed by atoms with Crippen LogP contribution in [0.15, 0.2) is 30.3 Å². The predicted molar refractivity (Wildman–Crippen MR) is 56.0 cm³/mol. The zero-order valence-corrected chi connectivity index (χ0v) is 7.99. The van der Waals surface area contributed by atoms with E-state index in [9.17, 15) is 0 Å². The maximum atomic E-state index is 7.42. The van der Waals surface area contributed by atoms with E-state index in [-0.39, 0.29) is 12.0 Å². The minimum absolute atomic E-state index is 0.0844. The molecule has 1 aromatic carbocycles. The van der Waals surface area contributed by atoms with Crippen LogP contribution < -0.4 is 10.6 Å². The lowest BCUT2D eigenvalue weighted by Crippen LogP contribution is -2.41. The third kappa shape index (κ3) is 2.21. The maximum absolute atomic E-state index is 7.42. The van der Waals surface area contributed by atoms with Gasteiger partial charge in [-0.05, 0) is 26.0 Å². The summed E-state index contributed by atoms with van der Waals surface area (Å²) in [7, 11) is 0. The molecule has 0 atom stereocenters. The Labute approximate surface area is 78.7 Å². The molecule has 70 valence electrons. The Morgan fingerprint density at radius 2 is 1.85 bits per heavy atom. The van der Waals surface area contributed by atoms with Crippen molar-refractivity contribution in [2.24, 2.45) is 5.73 Å². The van der Waals surface area contributed by atoms with Crippen LogP contribution in [0.5, 0.6) is 0 Å². The van der Waals surface area contributed by atoms with E-state index in [4.69, 9.17) is 11.1 Å². The fourth-order valence-electron chi connectivity index (χ4n) is 1.30. The zero-order valence-electron chi connectivity index (χ0n) is 7.99. The zero-order chi connectivity index (χ0) is 9.84. The van der Waals surface area contributed by atoms with E-state index in [1.165, 1.54) is 0 Å². The van der Waals surface area contributed by atoms with E-state index in [0.717, 1.165) is 5.69 Å². The molecule has 1 rings (SSSR count). The summed E-state index contributed by atoms with van der Waals surface area (Å²) in [5.74, 6) is 0.0844. The molecule has 0 amide bonds. The van der Waals surface area contributed by atoms with Crippen molar-refractivity contribution in [3.63, 3.8) is 0 Å². The number of benzene rings is 1. The summed E-state index contributed by atoms with van der Waals surface area (Å²) in [5, 5.41) is 7.42. The van der Waals surface area contributed by atoms with Gasteiger partial charge in [0, 0.05) is 11.7 Å². The van der Waals surface area contributed by atoms with Crippen molar-refractivity contribution in [2.45, 2.75) is 19.9 Å². The number of nitrogens with one attached hydrogen (secondary N) is 1. The second kappa shape index (κ2) is 3.94. The summed E-state index contributed by atoms with van der Waals surface area (Å²) in [5.41, 5.74) is 6.44. The first-order valence-corrected chi connectivity index (χ1v) is 4.31. The molecule has 0 heterocycles. The number of rotatable bonds is 2. The van der Waals surface area contributed by atoms with E-state index >= 15 is 0 Å². The molecule has 0 saturated carbocycles. The standard InChI is InChI=1S/C10H15N3/c1-8(2)13(10(11)12)9-6-4-3-5-7-9/h3-8H,1-2H3,(H3,11,12). The molecule has 0 saturated heterocycles. The number of anilines is 1. The first-order chi connectivity index (χ1) is 6.13. The molecule has 0 aliphatic carbocycles. The second-order valence-electron chi connectivity index (χ2n) is 3.18. The minimum atomic E-state index is 0.0844. The van der Waals surface area contributed by atoms with Crippen LogP contribution in [0, 0.1) is 5.41 Å². The lowest BCUT2D eigenvalue weighted by molar-refractivity contribution is 0.799. The monoisotopic (exact) mass is 177 g/mol. The van der Waals surface area contributed by atoms with Crippen LogP contribution in [0.25, 0.3) is 0 Å². The lowest BCUT2D eigenvalue weighted by Gasteiger charge is -2.26. The van der Waals surface area contributed by atoms with Gasteiger partial charge < -0.3 is 10.6 Å². The molecule has 0 aliphatic heterocycles. The van der Waals surface area contributed by atoms with Crippen LogP contribution in [0.4, 0.5) is 5.69 Å². The normalized spacial score (nSPS) is 10.1. The van der Waals surface area contributed by atoms with Gasteiger partial charge in [0.25, 0.3) is 0 Å². The van der Waals surface area contributed by atoms with Gasteiger partial charge in [0.1, 0.15) is 0 Å². The van der Waals surface area contributed by atoms with Gasteiger partial charge in [-0.3, -0.25) is 5.41 Å². The first-order valence-electron chi connectivity index (χ1n) is 4.31. The van der Waals surface area contributed by atoms with E-state index in [2.05, 4.69) is 0 Å². The molecular weight excluding hydrogens is 162 g/mol. The smallest absolute Gasteiger partial charge is 0.193 e. The van der Waals surface area contributed by atoms with E-state index in [1.807, 2.05) is 44.2 Å². The van der Waals surface area contributed by atoms with Crippen molar-refractivity contribution in [3.05, 3.63) is 30.3 Å². The van der Waals surface area contributed by atoms with Gasteiger partial charge in [-0.25, -0.2) is 0 Å². The highest BCUT2D eigenvalue weighted by atomic mass is 15.2. The Kier molecular flexibility index (Phi) is 2.90. The number of hydrogen-bond donors (Lipinski definition) is 2. The SMILES string of the molecule is CC(C)N(C(=N)N)c1ccccc1. The first kappa shape index (κ1) is 9.58. The van der Waals surface area contributed by atoms with Gasteiger partial charge in [-0.1, -0.05) is 18.2 Å². The highest BCUT2D eigenvalue weighted by Gasteiger charge is 2.11. The molecule has 0 spiro atoms. The highest BCUT2D eigenvalue weighted by molar-refractivity contribution is 5.92. The minimum Gasteiger partial charge on any atom is -0.370 e. The van der Waals surface area contributed by atoms with Crippen LogP contribution in [0.2, 0.25) is 0 Å². The second-order valence-corrected chi connectivity index (χ2v) is 3.18. The van der Waals surface area contributed by atoms with Gasteiger partial charge in [0.05, 0.1) is 0 Å². The highest BCUT2D eigenvalue weighted by Crippen LogP contribution is 2.15. The van der Waals surface area contributed by atoms with E-state index in [0.29, 0.717) is 0 Å². The Bertz CT molecular complexity index is 279. The Hall–Kier alpha value is -1.51. The van der Waals surface area contributed by atoms with E-state index < -0.39 is 0 Å². The molecule has 3 heteroatoms. The Balaban J connectivity index is 2.96. The molecule has 3 nitrogen and oxygen atoms in total. The van der Waals surface area contributed by atoms with Gasteiger partial charge in [-0.2, -0.15) is 0 Å². The van der Waals surface area contributed by atoms with Crippen LogP contribution in [0.3, 0.4) is 0 Å². The van der Waals surface area contributed by atoms with Gasteiger partial charge in [0.15, 0.2) is 5.96 Å². The fraction of sp³-hybridized carbons (Fsp3) is 0.300. The van der Waals surface area contributed by atoms with Crippen molar-refractivity contribution in [1.29, 1.82) is 5.41 Å². The maximum Gasteiger partial charge on any atom is 0.193 e. The van der Waals surface area contributed by atoms with Crippen molar-refractivity contribution in [2.75, 3.05) is 4.90 Å². The average molecular weight is 177 g/mol. The molecule has 0 unspecified atom stereocenters. The van der Waals surface area contributed by atoms with Crippen molar-refractivity contribution >= 4 is 11.6 Å². The van der Waals surface area contributed by atoms with Crippen LogP contribution >= 0.6 is 0 Å². The molecule has 0 aliphatic rings. The van der Waals surface area contributed by atoms with Gasteiger partial charge >= 0.3 is 0 Å². The number of para-hydroxylation sites is 1. The lowest BCUT2D eigenvalue weighted by atomic mass is 10.2. The third-order valence-electron chi connectivity index (χ3n) is 1.81.